The minimum Gasteiger partial charge on any atom is -0.336 e. The van der Waals surface area contributed by atoms with Crippen LogP contribution in [0.1, 0.15) is 6.92 Å². The van der Waals surface area contributed by atoms with E-state index in [0.29, 0.717) is 23.7 Å². The molecule has 2 rings (SSSR count). The molecule has 0 aliphatic rings. The highest BCUT2D eigenvalue weighted by molar-refractivity contribution is 7.87. The maximum absolute atomic E-state index is 12.3. The van der Waals surface area contributed by atoms with Gasteiger partial charge in [0.05, 0.1) is 6.61 Å². The van der Waals surface area contributed by atoms with Crippen molar-refractivity contribution >= 4 is 29.0 Å². The average Bonchev–Trinajstić information content (AvgIpc) is 2.94. The van der Waals surface area contributed by atoms with E-state index in [-0.39, 0.29) is 11.3 Å². The molecule has 0 N–H and O–H groups in total. The fraction of sp³-hybridized carbons (Fsp3) is 0.417. The molecule has 144 valence electrons. The molecule has 0 aliphatic heterocycles. The first kappa shape index (κ1) is 20.7. The first-order valence-corrected chi connectivity index (χ1v) is 11.4. The molecule has 2 heterocycles. The van der Waals surface area contributed by atoms with Gasteiger partial charge in [0.1, 0.15) is 5.01 Å². The van der Waals surface area contributed by atoms with Crippen molar-refractivity contribution in [2.75, 3.05) is 13.3 Å². The van der Waals surface area contributed by atoms with Crippen LogP contribution in [0.2, 0.25) is 0 Å². The van der Waals surface area contributed by atoms with Gasteiger partial charge < -0.3 is 8.71 Å². The summed E-state index contributed by atoms with van der Waals surface area (Å²) in [6, 6.07) is 2.22. The Labute approximate surface area is 151 Å². The van der Waals surface area contributed by atoms with E-state index in [4.69, 9.17) is 4.52 Å². The summed E-state index contributed by atoms with van der Waals surface area (Å²) in [5.74, 6) is 0. The van der Waals surface area contributed by atoms with E-state index in [2.05, 4.69) is 13.5 Å². The van der Waals surface area contributed by atoms with Gasteiger partial charge in [-0.2, -0.15) is 31.1 Å². The zero-order chi connectivity index (χ0) is 19.6. The lowest BCUT2D eigenvalue weighted by molar-refractivity contribution is -0.679. The zero-order valence-electron chi connectivity index (χ0n) is 13.5. The van der Waals surface area contributed by atoms with Gasteiger partial charge in [-0.05, 0) is 18.5 Å². The van der Waals surface area contributed by atoms with Crippen molar-refractivity contribution in [2.24, 2.45) is 0 Å². The number of aromatic nitrogens is 3. The van der Waals surface area contributed by atoms with Crippen LogP contribution >= 0.6 is 18.9 Å². The first-order valence-electron chi connectivity index (χ1n) is 6.98. The first-order chi connectivity index (χ1) is 11.9. The van der Waals surface area contributed by atoms with Crippen molar-refractivity contribution in [3.05, 3.63) is 24.5 Å². The van der Waals surface area contributed by atoms with Crippen molar-refractivity contribution in [2.45, 2.75) is 18.7 Å². The second-order valence-corrected chi connectivity index (χ2v) is 9.90. The maximum atomic E-state index is 12.3. The maximum Gasteiger partial charge on any atom is 0.534 e. The summed E-state index contributed by atoms with van der Waals surface area (Å²) < 4.78 is 85.0. The molecular formula is C12H14F3N3O5PS2+. The van der Waals surface area contributed by atoms with Crippen LogP contribution < -0.4 is 8.75 Å². The Morgan fingerprint density at radius 2 is 1.92 bits per heavy atom. The predicted molar refractivity (Wildman–Crippen MR) is 86.3 cm³/mol. The van der Waals surface area contributed by atoms with Gasteiger partial charge in [0.2, 0.25) is 6.29 Å². The van der Waals surface area contributed by atoms with Crippen LogP contribution in [0.25, 0.3) is 10.6 Å². The quantitative estimate of drug-likeness (QED) is 0.287. The van der Waals surface area contributed by atoms with E-state index in [1.165, 1.54) is 6.66 Å². The van der Waals surface area contributed by atoms with Gasteiger partial charge in [-0.3, -0.25) is 4.57 Å². The van der Waals surface area contributed by atoms with Gasteiger partial charge in [-0.1, -0.05) is 0 Å². The largest absolute Gasteiger partial charge is 0.534 e. The second-order valence-electron chi connectivity index (χ2n) is 5.04. The van der Waals surface area contributed by atoms with E-state index in [0.717, 1.165) is 0 Å². The average molecular weight is 432 g/mol. The Morgan fingerprint density at radius 3 is 2.46 bits per heavy atom. The van der Waals surface area contributed by atoms with Gasteiger partial charge in [0.25, 0.3) is 7.37 Å². The van der Waals surface area contributed by atoms with Crippen molar-refractivity contribution in [1.82, 2.24) is 9.36 Å². The summed E-state index contributed by atoms with van der Waals surface area (Å²) in [5.41, 5.74) is -5.09. The lowest BCUT2D eigenvalue weighted by Crippen LogP contribution is -2.32. The summed E-state index contributed by atoms with van der Waals surface area (Å²) in [6.07, 6.45) is 3.31. The topological polar surface area (TPSA) is 99.3 Å². The number of halogens is 3. The molecule has 0 saturated carbocycles. The summed E-state index contributed by atoms with van der Waals surface area (Å²) in [4.78, 5) is 3.63. The van der Waals surface area contributed by atoms with Crippen LogP contribution in [-0.4, -0.2) is 36.6 Å². The zero-order valence-corrected chi connectivity index (χ0v) is 16.0. The number of alkyl halides is 3. The van der Waals surface area contributed by atoms with Gasteiger partial charge in [0.15, 0.2) is 12.4 Å². The highest BCUT2D eigenvalue weighted by Crippen LogP contribution is 2.42. The number of hydrogen-bond acceptors (Lipinski definition) is 8. The monoisotopic (exact) mass is 432 g/mol. The van der Waals surface area contributed by atoms with E-state index in [9.17, 15) is 26.2 Å². The van der Waals surface area contributed by atoms with Gasteiger partial charge in [0, 0.05) is 24.4 Å². The minimum absolute atomic E-state index is 0.148. The van der Waals surface area contributed by atoms with E-state index in [1.807, 2.05) is 0 Å². The SMILES string of the molecule is CCOP(C)(=O)C[n+]1ccc(-c2nc(OS(=O)(=O)C(F)(F)F)ns2)cc1. The molecule has 0 aromatic carbocycles. The molecule has 2 aromatic heterocycles. The predicted octanol–water partition coefficient (Wildman–Crippen LogP) is 2.62. The molecule has 26 heavy (non-hydrogen) atoms. The lowest BCUT2D eigenvalue weighted by atomic mass is 10.3. The second kappa shape index (κ2) is 7.59. The van der Waals surface area contributed by atoms with Crippen LogP contribution in [0, 0.1) is 0 Å². The van der Waals surface area contributed by atoms with Gasteiger partial charge in [-0.15, -0.1) is 4.37 Å². The Morgan fingerprint density at radius 1 is 1.31 bits per heavy atom. The lowest BCUT2D eigenvalue weighted by Gasteiger charge is -2.08. The van der Waals surface area contributed by atoms with Crippen molar-refractivity contribution in [3.63, 3.8) is 0 Å². The van der Waals surface area contributed by atoms with Crippen molar-refractivity contribution < 1.29 is 39.4 Å². The Bertz CT molecular complexity index is 915. The Balaban J connectivity index is 2.14. The number of nitrogens with zero attached hydrogens (tertiary/aromatic N) is 3. The third kappa shape index (κ3) is 5.22. The standard InChI is InChI=1S/C12H14F3N3O5PS2/c1-3-22-24(2,19)8-18-6-4-9(5-7-18)10-16-11(17-25-10)23-26(20,21)12(13,14)15/h4-7H,3,8H2,1-2H3/q+1. The molecule has 1 atom stereocenters. The van der Waals surface area contributed by atoms with Crippen LogP contribution in [0.15, 0.2) is 24.5 Å². The molecule has 2 aromatic rings. The normalized spacial score (nSPS) is 14.8. The molecular weight excluding hydrogens is 418 g/mol. The summed E-state index contributed by atoms with van der Waals surface area (Å²) in [7, 11) is -8.61. The molecule has 0 aliphatic carbocycles. The number of rotatable bonds is 7. The van der Waals surface area contributed by atoms with Gasteiger partial charge >= 0.3 is 21.6 Å². The number of hydrogen-bond donors (Lipinski definition) is 0. The molecule has 1 unspecified atom stereocenters. The fourth-order valence-corrected chi connectivity index (χ4v) is 4.24. The van der Waals surface area contributed by atoms with E-state index in [1.54, 1.807) is 36.0 Å². The van der Waals surface area contributed by atoms with E-state index >= 15 is 0 Å². The van der Waals surface area contributed by atoms with Crippen LogP contribution in [-0.2, 0) is 25.5 Å². The molecule has 8 nitrogen and oxygen atoms in total. The molecule has 0 saturated heterocycles. The van der Waals surface area contributed by atoms with Crippen LogP contribution in [0.4, 0.5) is 13.2 Å². The number of pyridine rings is 1. The Hall–Kier alpha value is -1.56. The summed E-state index contributed by atoms with van der Waals surface area (Å²) in [5, 5.41) is 0.161. The molecule has 0 amide bonds. The highest BCUT2D eigenvalue weighted by atomic mass is 32.2. The molecule has 0 bridgehead atoms. The summed E-state index contributed by atoms with van der Waals surface area (Å²) in [6.45, 7) is 3.56. The van der Waals surface area contributed by atoms with Gasteiger partial charge in [-0.25, -0.2) is 0 Å². The third-order valence-electron chi connectivity index (χ3n) is 2.84. The van der Waals surface area contributed by atoms with Crippen molar-refractivity contribution in [1.29, 1.82) is 0 Å². The third-order valence-corrected chi connectivity index (χ3v) is 6.16. The van der Waals surface area contributed by atoms with E-state index < -0.39 is 29.0 Å². The fourth-order valence-electron chi connectivity index (χ4n) is 1.81. The molecule has 0 spiro atoms. The smallest absolute Gasteiger partial charge is 0.336 e. The Kier molecular flexibility index (Phi) is 6.06. The summed E-state index contributed by atoms with van der Waals surface area (Å²) >= 11 is 0.674. The highest BCUT2D eigenvalue weighted by Gasteiger charge is 2.49. The molecule has 0 radical (unpaired) electrons. The molecule has 0 fully saturated rings. The van der Waals surface area contributed by atoms with Crippen molar-refractivity contribution in [3.8, 4) is 16.6 Å². The van der Waals surface area contributed by atoms with Crippen LogP contribution in [0.3, 0.4) is 0 Å². The molecule has 14 heteroatoms. The minimum atomic E-state index is -5.82. The van der Waals surface area contributed by atoms with Crippen LogP contribution in [0.5, 0.6) is 6.01 Å².